The Kier molecular flexibility index (Phi) is 6.69. The van der Waals surface area contributed by atoms with Crippen LogP contribution < -0.4 is 5.32 Å². The minimum absolute atomic E-state index is 0.0563. The van der Waals surface area contributed by atoms with Crippen molar-refractivity contribution in [2.45, 2.75) is 25.7 Å². The second kappa shape index (κ2) is 8.97. The number of amides is 1. The first-order valence-electron chi connectivity index (χ1n) is 8.31. The molecule has 0 aromatic heterocycles. The van der Waals surface area contributed by atoms with Gasteiger partial charge in [-0.05, 0) is 36.1 Å². The predicted octanol–water partition coefficient (Wildman–Crippen LogP) is 3.38. The number of carbonyl (C=O) groups excluding carboxylic acids is 1. The van der Waals surface area contributed by atoms with Crippen LogP contribution in [0.3, 0.4) is 0 Å². The number of hydrogen-bond donors (Lipinski definition) is 2. The Balaban J connectivity index is 1.99. The number of hydrogen-bond acceptors (Lipinski definition) is 2. The summed E-state index contributed by atoms with van der Waals surface area (Å²) in [5.41, 5.74) is 1.63. The summed E-state index contributed by atoms with van der Waals surface area (Å²) in [4.78, 5) is 23.9. The van der Waals surface area contributed by atoms with Crippen molar-refractivity contribution >= 4 is 11.9 Å². The van der Waals surface area contributed by atoms with Crippen molar-refractivity contribution < 1.29 is 19.1 Å². The summed E-state index contributed by atoms with van der Waals surface area (Å²) in [6.45, 7) is 1.92. The van der Waals surface area contributed by atoms with E-state index in [0.717, 1.165) is 11.1 Å². The zero-order valence-corrected chi connectivity index (χ0v) is 14.1. The van der Waals surface area contributed by atoms with E-state index >= 15 is 0 Å². The highest BCUT2D eigenvalue weighted by atomic mass is 19.1. The molecule has 2 aromatic carbocycles. The lowest BCUT2D eigenvalue weighted by molar-refractivity contribution is -0.141. The summed E-state index contributed by atoms with van der Waals surface area (Å²) >= 11 is 0. The molecule has 2 rings (SSSR count). The number of nitrogens with one attached hydrogen (secondary N) is 1. The van der Waals surface area contributed by atoms with Gasteiger partial charge in [0.2, 0.25) is 5.91 Å². The molecular formula is C20H22FNO3. The minimum Gasteiger partial charge on any atom is -0.481 e. The van der Waals surface area contributed by atoms with E-state index in [4.69, 9.17) is 0 Å². The van der Waals surface area contributed by atoms with Crippen molar-refractivity contribution in [3.8, 4) is 0 Å². The maximum absolute atomic E-state index is 13.0. The standard InChI is InChI=1S/C20H22FNO3/c1-2-18(15-8-10-17(21)11-9-15)19(23)22-13-16(20(24)25)12-14-6-4-3-5-7-14/h3-11,16,18H,2,12-13H2,1H3,(H,22,23)(H,24,25). The highest BCUT2D eigenvalue weighted by Crippen LogP contribution is 2.20. The molecule has 0 aliphatic carbocycles. The molecule has 0 saturated carbocycles. The molecule has 2 N–H and O–H groups in total. The molecule has 2 unspecified atom stereocenters. The SMILES string of the molecule is CCC(C(=O)NCC(Cc1ccccc1)C(=O)O)c1ccc(F)cc1. The first-order valence-corrected chi connectivity index (χ1v) is 8.31. The molecule has 2 aromatic rings. The fourth-order valence-corrected chi connectivity index (χ4v) is 2.76. The van der Waals surface area contributed by atoms with E-state index < -0.39 is 17.8 Å². The highest BCUT2D eigenvalue weighted by molar-refractivity contribution is 5.84. The second-order valence-electron chi connectivity index (χ2n) is 5.98. The van der Waals surface area contributed by atoms with Crippen LogP contribution in [0.1, 0.15) is 30.4 Å². The quantitative estimate of drug-likeness (QED) is 0.772. The molecule has 25 heavy (non-hydrogen) atoms. The van der Waals surface area contributed by atoms with E-state index in [2.05, 4.69) is 5.32 Å². The number of carboxylic acids is 1. The normalized spacial score (nSPS) is 13.0. The smallest absolute Gasteiger partial charge is 0.308 e. The van der Waals surface area contributed by atoms with Gasteiger partial charge in [-0.3, -0.25) is 9.59 Å². The van der Waals surface area contributed by atoms with Gasteiger partial charge < -0.3 is 10.4 Å². The van der Waals surface area contributed by atoms with Gasteiger partial charge in [0.1, 0.15) is 5.82 Å². The lowest BCUT2D eigenvalue weighted by Crippen LogP contribution is -2.36. The molecule has 0 heterocycles. The van der Waals surface area contributed by atoms with Crippen LogP contribution in [0.25, 0.3) is 0 Å². The van der Waals surface area contributed by atoms with Crippen LogP contribution in [0.4, 0.5) is 4.39 Å². The first-order chi connectivity index (χ1) is 12.0. The van der Waals surface area contributed by atoms with E-state index in [1.807, 2.05) is 37.3 Å². The number of carboxylic acid groups (broad SMARTS) is 1. The molecule has 0 aliphatic heterocycles. The number of halogens is 1. The Morgan fingerprint density at radius 1 is 1.08 bits per heavy atom. The zero-order chi connectivity index (χ0) is 18.2. The van der Waals surface area contributed by atoms with Gasteiger partial charge >= 0.3 is 5.97 Å². The molecular weight excluding hydrogens is 321 g/mol. The van der Waals surface area contributed by atoms with Crippen molar-refractivity contribution in [3.05, 3.63) is 71.5 Å². The van der Waals surface area contributed by atoms with Crippen molar-refractivity contribution in [2.75, 3.05) is 6.54 Å². The Morgan fingerprint density at radius 2 is 1.72 bits per heavy atom. The van der Waals surface area contributed by atoms with Crippen molar-refractivity contribution in [2.24, 2.45) is 5.92 Å². The molecule has 0 radical (unpaired) electrons. The van der Waals surface area contributed by atoms with E-state index in [9.17, 15) is 19.1 Å². The molecule has 0 aliphatic rings. The van der Waals surface area contributed by atoms with Gasteiger partial charge in [0.15, 0.2) is 0 Å². The van der Waals surface area contributed by atoms with Crippen LogP contribution in [0.15, 0.2) is 54.6 Å². The van der Waals surface area contributed by atoms with Crippen LogP contribution in [0.2, 0.25) is 0 Å². The third kappa shape index (κ3) is 5.41. The molecule has 0 bridgehead atoms. The minimum atomic E-state index is -0.945. The summed E-state index contributed by atoms with van der Waals surface area (Å²) in [6, 6.07) is 15.1. The van der Waals surface area contributed by atoms with Gasteiger partial charge in [-0.15, -0.1) is 0 Å². The highest BCUT2D eigenvalue weighted by Gasteiger charge is 2.23. The van der Waals surface area contributed by atoms with E-state index in [-0.39, 0.29) is 18.3 Å². The van der Waals surface area contributed by atoms with Crippen LogP contribution >= 0.6 is 0 Å². The maximum atomic E-state index is 13.0. The Bertz CT molecular complexity index is 701. The van der Waals surface area contributed by atoms with Gasteiger partial charge in [-0.2, -0.15) is 0 Å². The number of benzene rings is 2. The van der Waals surface area contributed by atoms with Crippen LogP contribution in [0.5, 0.6) is 0 Å². The van der Waals surface area contributed by atoms with E-state index in [0.29, 0.717) is 12.8 Å². The number of rotatable bonds is 8. The number of aliphatic carboxylic acids is 1. The molecule has 2 atom stereocenters. The second-order valence-corrected chi connectivity index (χ2v) is 5.98. The topological polar surface area (TPSA) is 66.4 Å². The first kappa shape index (κ1) is 18.6. The molecule has 5 heteroatoms. The van der Waals surface area contributed by atoms with Crippen molar-refractivity contribution in [3.63, 3.8) is 0 Å². The molecule has 0 spiro atoms. The zero-order valence-electron chi connectivity index (χ0n) is 14.1. The van der Waals surface area contributed by atoms with Gasteiger partial charge in [-0.1, -0.05) is 49.4 Å². The molecule has 0 saturated heterocycles. The summed E-state index contributed by atoms with van der Waals surface area (Å²) in [5, 5.41) is 12.1. The summed E-state index contributed by atoms with van der Waals surface area (Å²) in [5.74, 6) is -2.66. The Hall–Kier alpha value is -2.69. The van der Waals surface area contributed by atoms with Gasteiger partial charge in [0.05, 0.1) is 11.8 Å². The Labute approximate surface area is 146 Å². The average Bonchev–Trinajstić information content (AvgIpc) is 2.61. The van der Waals surface area contributed by atoms with Crippen molar-refractivity contribution in [1.82, 2.24) is 5.32 Å². The molecule has 132 valence electrons. The molecule has 0 fully saturated rings. The summed E-state index contributed by atoms with van der Waals surface area (Å²) in [7, 11) is 0. The number of carbonyl (C=O) groups is 2. The van der Waals surface area contributed by atoms with Gasteiger partial charge in [0, 0.05) is 6.54 Å². The monoisotopic (exact) mass is 343 g/mol. The van der Waals surface area contributed by atoms with E-state index in [1.165, 1.54) is 12.1 Å². The van der Waals surface area contributed by atoms with Gasteiger partial charge in [0.25, 0.3) is 0 Å². The Morgan fingerprint density at radius 3 is 2.28 bits per heavy atom. The van der Waals surface area contributed by atoms with Crippen LogP contribution in [0, 0.1) is 11.7 Å². The van der Waals surface area contributed by atoms with Gasteiger partial charge in [-0.25, -0.2) is 4.39 Å². The summed E-state index contributed by atoms with van der Waals surface area (Å²) in [6.07, 6.45) is 0.900. The fourth-order valence-electron chi connectivity index (χ4n) is 2.76. The third-order valence-corrected chi connectivity index (χ3v) is 4.19. The summed E-state index contributed by atoms with van der Waals surface area (Å²) < 4.78 is 13.0. The largest absolute Gasteiger partial charge is 0.481 e. The third-order valence-electron chi connectivity index (χ3n) is 4.19. The van der Waals surface area contributed by atoms with Crippen molar-refractivity contribution in [1.29, 1.82) is 0 Å². The lowest BCUT2D eigenvalue weighted by atomic mass is 9.94. The van der Waals surface area contributed by atoms with E-state index in [1.54, 1.807) is 12.1 Å². The fraction of sp³-hybridized carbons (Fsp3) is 0.300. The predicted molar refractivity (Wildman–Crippen MR) is 93.7 cm³/mol. The lowest BCUT2D eigenvalue weighted by Gasteiger charge is -2.18. The average molecular weight is 343 g/mol. The van der Waals surface area contributed by atoms with Crippen LogP contribution in [-0.2, 0) is 16.0 Å². The maximum Gasteiger partial charge on any atom is 0.308 e. The molecule has 4 nitrogen and oxygen atoms in total. The molecule has 1 amide bonds. The van der Waals surface area contributed by atoms with Crippen LogP contribution in [-0.4, -0.2) is 23.5 Å².